The van der Waals surface area contributed by atoms with Crippen molar-refractivity contribution in [3.05, 3.63) is 44.8 Å². The molecule has 0 saturated carbocycles. The summed E-state index contributed by atoms with van der Waals surface area (Å²) in [5.41, 5.74) is 9.82. The predicted octanol–water partition coefficient (Wildman–Crippen LogP) is 4.19. The van der Waals surface area contributed by atoms with Gasteiger partial charge in [-0.3, -0.25) is 0 Å². The zero-order chi connectivity index (χ0) is 10.8. The Labute approximate surface area is 88.3 Å². The molecule has 0 heterocycles. The number of rotatable bonds is 2. The van der Waals surface area contributed by atoms with E-state index in [0.29, 0.717) is 5.02 Å². The van der Waals surface area contributed by atoms with E-state index < -0.39 is 5.54 Å². The maximum Gasteiger partial charge on any atom is 0.0684 e. The van der Waals surface area contributed by atoms with Gasteiger partial charge in [0.1, 0.15) is 0 Å². The Morgan fingerprint density at radius 2 is 2.07 bits per heavy atom. The first kappa shape index (κ1) is 10.9. The van der Waals surface area contributed by atoms with Gasteiger partial charge in [-0.15, -0.1) is 0 Å². The SMILES string of the molecule is Cc1c(Cl)cccc1C(C)(C)N=[N+]=[N-]. The Balaban J connectivity index is 3.32. The quantitative estimate of drug-likeness (QED) is 0.398. The van der Waals surface area contributed by atoms with Crippen LogP contribution in [0.15, 0.2) is 23.3 Å². The van der Waals surface area contributed by atoms with Crippen LogP contribution in [0.1, 0.15) is 25.0 Å². The molecule has 0 aliphatic rings. The van der Waals surface area contributed by atoms with E-state index in [-0.39, 0.29) is 0 Å². The highest BCUT2D eigenvalue weighted by Crippen LogP contribution is 2.31. The van der Waals surface area contributed by atoms with E-state index >= 15 is 0 Å². The number of benzene rings is 1. The summed E-state index contributed by atoms with van der Waals surface area (Å²) >= 11 is 5.99. The van der Waals surface area contributed by atoms with Gasteiger partial charge in [-0.1, -0.05) is 42.7 Å². The second-order valence-electron chi connectivity index (χ2n) is 3.66. The van der Waals surface area contributed by atoms with E-state index in [0.717, 1.165) is 11.1 Å². The molecule has 0 aliphatic carbocycles. The first-order chi connectivity index (χ1) is 6.49. The normalized spacial score (nSPS) is 10.9. The largest absolute Gasteiger partial charge is 0.0840 e. The van der Waals surface area contributed by atoms with Crippen molar-refractivity contribution >= 4 is 11.6 Å². The third-order valence-corrected chi connectivity index (χ3v) is 2.63. The van der Waals surface area contributed by atoms with Crippen molar-refractivity contribution in [1.82, 2.24) is 0 Å². The third-order valence-electron chi connectivity index (χ3n) is 2.22. The standard InChI is InChI=1S/C10H12ClN3/c1-7-8(5-4-6-9(7)11)10(2,3)13-14-12/h4-6H,1-3H3. The molecular formula is C10H12ClN3. The third kappa shape index (κ3) is 2.00. The van der Waals surface area contributed by atoms with Gasteiger partial charge in [-0.25, -0.2) is 0 Å². The average molecular weight is 210 g/mol. The number of azide groups is 1. The van der Waals surface area contributed by atoms with Gasteiger partial charge in [0.2, 0.25) is 0 Å². The summed E-state index contributed by atoms with van der Waals surface area (Å²) in [4.78, 5) is 2.84. The second kappa shape index (κ2) is 3.91. The lowest BCUT2D eigenvalue weighted by Crippen LogP contribution is -2.14. The van der Waals surface area contributed by atoms with Gasteiger partial charge in [0, 0.05) is 9.93 Å². The maximum absolute atomic E-state index is 8.45. The smallest absolute Gasteiger partial charge is 0.0684 e. The van der Waals surface area contributed by atoms with Gasteiger partial charge < -0.3 is 0 Å². The van der Waals surface area contributed by atoms with Crippen molar-refractivity contribution in [1.29, 1.82) is 0 Å². The topological polar surface area (TPSA) is 48.8 Å². The fraction of sp³-hybridized carbons (Fsp3) is 0.400. The molecule has 14 heavy (non-hydrogen) atoms. The van der Waals surface area contributed by atoms with Gasteiger partial charge in [-0.05, 0) is 29.6 Å². The Morgan fingerprint density at radius 1 is 1.43 bits per heavy atom. The molecule has 3 nitrogen and oxygen atoms in total. The van der Waals surface area contributed by atoms with Gasteiger partial charge in [0.15, 0.2) is 0 Å². The second-order valence-corrected chi connectivity index (χ2v) is 4.07. The molecular weight excluding hydrogens is 198 g/mol. The van der Waals surface area contributed by atoms with Crippen molar-refractivity contribution in [2.45, 2.75) is 26.3 Å². The Bertz CT molecular complexity index is 392. The van der Waals surface area contributed by atoms with Gasteiger partial charge in [-0.2, -0.15) is 0 Å². The molecule has 0 spiro atoms. The summed E-state index contributed by atoms with van der Waals surface area (Å²) in [5.74, 6) is 0. The van der Waals surface area contributed by atoms with Crippen LogP contribution in [0.4, 0.5) is 0 Å². The van der Waals surface area contributed by atoms with Crippen LogP contribution in [0.3, 0.4) is 0 Å². The van der Waals surface area contributed by atoms with Crippen LogP contribution in [-0.4, -0.2) is 0 Å². The van der Waals surface area contributed by atoms with Crippen molar-refractivity contribution in [2.75, 3.05) is 0 Å². The lowest BCUT2D eigenvalue weighted by atomic mass is 9.91. The van der Waals surface area contributed by atoms with Crippen LogP contribution >= 0.6 is 11.6 Å². The van der Waals surface area contributed by atoms with Gasteiger partial charge in [0.25, 0.3) is 0 Å². The Morgan fingerprint density at radius 3 is 2.64 bits per heavy atom. The lowest BCUT2D eigenvalue weighted by Gasteiger charge is -2.21. The van der Waals surface area contributed by atoms with E-state index in [2.05, 4.69) is 10.0 Å². The molecule has 1 aromatic carbocycles. The molecule has 4 heteroatoms. The number of hydrogen-bond acceptors (Lipinski definition) is 1. The molecule has 1 aromatic rings. The van der Waals surface area contributed by atoms with Crippen LogP contribution in [0, 0.1) is 6.92 Å². The molecule has 74 valence electrons. The van der Waals surface area contributed by atoms with Crippen LogP contribution in [0.5, 0.6) is 0 Å². The molecule has 0 saturated heterocycles. The van der Waals surface area contributed by atoms with E-state index in [4.69, 9.17) is 17.1 Å². The summed E-state index contributed by atoms with van der Waals surface area (Å²) in [6, 6.07) is 5.61. The van der Waals surface area contributed by atoms with Crippen LogP contribution in [0.25, 0.3) is 10.4 Å². The van der Waals surface area contributed by atoms with Crippen molar-refractivity contribution in [3.8, 4) is 0 Å². The van der Waals surface area contributed by atoms with Crippen molar-refractivity contribution < 1.29 is 0 Å². The van der Waals surface area contributed by atoms with Crippen LogP contribution in [-0.2, 0) is 5.54 Å². The summed E-state index contributed by atoms with van der Waals surface area (Å²) in [6.45, 7) is 5.66. The predicted molar refractivity (Wildman–Crippen MR) is 58.4 cm³/mol. The van der Waals surface area contributed by atoms with Gasteiger partial charge in [0.05, 0.1) is 5.54 Å². The van der Waals surface area contributed by atoms with Crippen LogP contribution in [0.2, 0.25) is 5.02 Å². The Kier molecular flexibility index (Phi) is 3.04. The molecule has 0 N–H and O–H groups in total. The summed E-state index contributed by atoms with van der Waals surface area (Å²) in [6.07, 6.45) is 0. The fourth-order valence-electron chi connectivity index (χ4n) is 1.44. The minimum atomic E-state index is -0.552. The molecule has 0 fully saturated rings. The average Bonchev–Trinajstić information content (AvgIpc) is 2.09. The highest BCUT2D eigenvalue weighted by atomic mass is 35.5. The van der Waals surface area contributed by atoms with E-state index in [1.807, 2.05) is 39.0 Å². The number of hydrogen-bond donors (Lipinski definition) is 0. The number of halogens is 1. The molecule has 0 bridgehead atoms. The fourth-order valence-corrected chi connectivity index (χ4v) is 1.61. The monoisotopic (exact) mass is 209 g/mol. The highest BCUT2D eigenvalue weighted by Gasteiger charge is 2.21. The summed E-state index contributed by atoms with van der Waals surface area (Å²) in [7, 11) is 0. The molecule has 0 unspecified atom stereocenters. The van der Waals surface area contributed by atoms with E-state index in [1.165, 1.54) is 0 Å². The molecule has 0 amide bonds. The zero-order valence-corrected chi connectivity index (χ0v) is 9.21. The first-order valence-corrected chi connectivity index (χ1v) is 4.68. The molecule has 0 aliphatic heterocycles. The molecule has 0 radical (unpaired) electrons. The lowest BCUT2D eigenvalue weighted by molar-refractivity contribution is 0.547. The van der Waals surface area contributed by atoms with E-state index in [9.17, 15) is 0 Å². The molecule has 0 atom stereocenters. The summed E-state index contributed by atoms with van der Waals surface area (Å²) in [5, 5.41) is 4.45. The van der Waals surface area contributed by atoms with Gasteiger partial charge >= 0.3 is 0 Å². The van der Waals surface area contributed by atoms with Crippen molar-refractivity contribution in [2.24, 2.45) is 5.11 Å². The Hall–Kier alpha value is -1.18. The first-order valence-electron chi connectivity index (χ1n) is 4.31. The van der Waals surface area contributed by atoms with Crippen molar-refractivity contribution in [3.63, 3.8) is 0 Å². The maximum atomic E-state index is 8.45. The number of nitrogens with zero attached hydrogens (tertiary/aromatic N) is 3. The summed E-state index contributed by atoms with van der Waals surface area (Å²) < 4.78 is 0. The molecule has 1 rings (SSSR count). The highest BCUT2D eigenvalue weighted by molar-refractivity contribution is 6.31. The molecule has 0 aromatic heterocycles. The minimum Gasteiger partial charge on any atom is -0.0840 e. The minimum absolute atomic E-state index is 0.552. The van der Waals surface area contributed by atoms with Crippen LogP contribution < -0.4 is 0 Å². The van der Waals surface area contributed by atoms with E-state index in [1.54, 1.807) is 0 Å². The zero-order valence-electron chi connectivity index (χ0n) is 8.45.